The van der Waals surface area contributed by atoms with E-state index in [4.69, 9.17) is 5.73 Å². The number of hydrogen-bond acceptors (Lipinski definition) is 3. The number of rotatable bonds is 5. The lowest BCUT2D eigenvalue weighted by Gasteiger charge is -2.15. The van der Waals surface area contributed by atoms with Gasteiger partial charge in [0.05, 0.1) is 12.1 Å². The predicted molar refractivity (Wildman–Crippen MR) is 50.7 cm³/mol. The van der Waals surface area contributed by atoms with Gasteiger partial charge in [0.25, 0.3) is 0 Å². The number of amides is 1. The van der Waals surface area contributed by atoms with E-state index in [0.29, 0.717) is 12.3 Å². The summed E-state index contributed by atoms with van der Waals surface area (Å²) in [4.78, 5) is 21.5. The molecule has 1 radical (unpaired) electrons. The van der Waals surface area contributed by atoms with Crippen molar-refractivity contribution in [2.75, 3.05) is 0 Å². The SMILES string of the molecule is CC(C)C[C@@H]([C]=O)NC(=O)[C@H](C)N. The minimum Gasteiger partial charge on any atom is -0.344 e. The first kappa shape index (κ1) is 12.1. The molecule has 4 nitrogen and oxygen atoms in total. The molecule has 1 amide bonds. The lowest BCUT2D eigenvalue weighted by atomic mass is 10.0. The van der Waals surface area contributed by atoms with Gasteiger partial charge in [-0.15, -0.1) is 0 Å². The molecule has 0 saturated carbocycles. The molecule has 0 rings (SSSR count). The summed E-state index contributed by atoms with van der Waals surface area (Å²) in [6.45, 7) is 5.53. The van der Waals surface area contributed by atoms with Crippen molar-refractivity contribution in [1.29, 1.82) is 0 Å². The van der Waals surface area contributed by atoms with Crippen molar-refractivity contribution in [3.05, 3.63) is 0 Å². The van der Waals surface area contributed by atoms with Crippen LogP contribution < -0.4 is 11.1 Å². The monoisotopic (exact) mass is 185 g/mol. The fourth-order valence-corrected chi connectivity index (χ4v) is 0.911. The first-order chi connectivity index (χ1) is 5.97. The molecule has 0 aromatic carbocycles. The summed E-state index contributed by atoms with van der Waals surface area (Å²) >= 11 is 0. The smallest absolute Gasteiger partial charge is 0.237 e. The maximum absolute atomic E-state index is 11.1. The molecule has 13 heavy (non-hydrogen) atoms. The fraction of sp³-hybridized carbons (Fsp3) is 0.778. The van der Waals surface area contributed by atoms with Gasteiger partial charge in [-0.2, -0.15) is 0 Å². The second-order valence-electron chi connectivity index (χ2n) is 3.60. The van der Waals surface area contributed by atoms with Crippen LogP contribution in [0.15, 0.2) is 0 Å². The number of carbonyl (C=O) groups excluding carboxylic acids is 2. The first-order valence-corrected chi connectivity index (χ1v) is 4.41. The van der Waals surface area contributed by atoms with Crippen molar-refractivity contribution in [3.63, 3.8) is 0 Å². The molecule has 0 heterocycles. The van der Waals surface area contributed by atoms with Gasteiger partial charge in [0.1, 0.15) is 0 Å². The Bertz CT molecular complexity index is 178. The number of nitrogens with two attached hydrogens (primary N) is 1. The molecule has 0 aromatic rings. The highest BCUT2D eigenvalue weighted by atomic mass is 16.2. The van der Waals surface area contributed by atoms with Crippen LogP contribution in [0.5, 0.6) is 0 Å². The lowest BCUT2D eigenvalue weighted by molar-refractivity contribution is -0.122. The zero-order valence-corrected chi connectivity index (χ0v) is 8.33. The molecule has 0 unspecified atom stereocenters. The van der Waals surface area contributed by atoms with Crippen molar-refractivity contribution >= 4 is 12.2 Å². The Labute approximate surface area is 78.9 Å². The van der Waals surface area contributed by atoms with Gasteiger partial charge in [0, 0.05) is 0 Å². The van der Waals surface area contributed by atoms with E-state index >= 15 is 0 Å². The molecule has 4 heteroatoms. The average molecular weight is 185 g/mol. The maximum Gasteiger partial charge on any atom is 0.237 e. The van der Waals surface area contributed by atoms with Crippen LogP contribution in [0.25, 0.3) is 0 Å². The summed E-state index contributed by atoms with van der Waals surface area (Å²) in [7, 11) is 0. The third-order valence-corrected chi connectivity index (χ3v) is 1.58. The largest absolute Gasteiger partial charge is 0.344 e. The molecule has 0 saturated heterocycles. The van der Waals surface area contributed by atoms with Crippen LogP contribution in [0.4, 0.5) is 0 Å². The third kappa shape index (κ3) is 5.36. The van der Waals surface area contributed by atoms with E-state index in [2.05, 4.69) is 5.32 Å². The molecular formula is C9H17N2O2. The van der Waals surface area contributed by atoms with E-state index in [1.807, 2.05) is 13.8 Å². The van der Waals surface area contributed by atoms with Gasteiger partial charge in [-0.05, 0) is 19.3 Å². The second kappa shape index (κ2) is 5.70. The van der Waals surface area contributed by atoms with Gasteiger partial charge in [0.2, 0.25) is 12.2 Å². The van der Waals surface area contributed by atoms with E-state index in [0.717, 1.165) is 0 Å². The first-order valence-electron chi connectivity index (χ1n) is 4.41. The standard InChI is InChI=1S/C9H17N2O2/c1-6(2)4-8(5-12)11-9(13)7(3)10/h6-8H,4,10H2,1-3H3,(H,11,13)/t7-,8-/m0/s1. The van der Waals surface area contributed by atoms with E-state index in [1.54, 1.807) is 13.2 Å². The van der Waals surface area contributed by atoms with Gasteiger partial charge in [-0.3, -0.25) is 9.59 Å². The number of hydrogen-bond donors (Lipinski definition) is 2. The summed E-state index contributed by atoms with van der Waals surface area (Å²) in [6.07, 6.45) is 2.38. The summed E-state index contributed by atoms with van der Waals surface area (Å²) in [6, 6.07) is -1.11. The minimum atomic E-state index is -0.581. The molecule has 2 atom stereocenters. The van der Waals surface area contributed by atoms with Crippen molar-refractivity contribution in [2.45, 2.75) is 39.3 Å². The lowest BCUT2D eigenvalue weighted by Crippen LogP contribution is -2.45. The van der Waals surface area contributed by atoms with E-state index < -0.39 is 12.1 Å². The zero-order chi connectivity index (χ0) is 10.4. The predicted octanol–water partition coefficient (Wildman–Crippen LogP) is -0.0258. The Morgan fingerprint density at radius 1 is 1.46 bits per heavy atom. The molecule has 3 N–H and O–H groups in total. The molecule has 0 bridgehead atoms. The molecule has 0 fully saturated rings. The van der Waals surface area contributed by atoms with Gasteiger partial charge in [0.15, 0.2) is 0 Å². The zero-order valence-electron chi connectivity index (χ0n) is 8.33. The Balaban J connectivity index is 3.98. The van der Waals surface area contributed by atoms with Crippen molar-refractivity contribution < 1.29 is 9.59 Å². The Hall–Kier alpha value is -0.900. The van der Waals surface area contributed by atoms with Crippen molar-refractivity contribution in [3.8, 4) is 0 Å². The summed E-state index contributed by atoms with van der Waals surface area (Å²) < 4.78 is 0. The minimum absolute atomic E-state index is 0.311. The van der Waals surface area contributed by atoms with Gasteiger partial charge in [-0.25, -0.2) is 0 Å². The van der Waals surface area contributed by atoms with Crippen LogP contribution in [0.2, 0.25) is 0 Å². The molecule has 0 spiro atoms. The molecule has 0 aliphatic heterocycles. The Morgan fingerprint density at radius 2 is 2.00 bits per heavy atom. The molecule has 0 aliphatic rings. The molecule has 0 aliphatic carbocycles. The summed E-state index contributed by atoms with van der Waals surface area (Å²) in [5, 5.41) is 2.51. The van der Waals surface area contributed by atoms with Crippen LogP contribution >= 0.6 is 0 Å². The quantitative estimate of drug-likeness (QED) is 0.632. The van der Waals surface area contributed by atoms with Crippen molar-refractivity contribution in [2.24, 2.45) is 11.7 Å². The maximum atomic E-state index is 11.1. The normalized spacial score (nSPS) is 15.2. The third-order valence-electron chi connectivity index (χ3n) is 1.58. The summed E-state index contributed by atoms with van der Waals surface area (Å²) in [5.74, 6) is 0.0360. The van der Waals surface area contributed by atoms with E-state index in [1.165, 1.54) is 0 Å². The van der Waals surface area contributed by atoms with Crippen LogP contribution in [0, 0.1) is 5.92 Å². The highest BCUT2D eigenvalue weighted by molar-refractivity contribution is 5.83. The van der Waals surface area contributed by atoms with Gasteiger partial charge in [-0.1, -0.05) is 13.8 Å². The van der Waals surface area contributed by atoms with Crippen LogP contribution in [-0.4, -0.2) is 24.3 Å². The average Bonchev–Trinajstić information content (AvgIpc) is 2.02. The Kier molecular flexibility index (Phi) is 5.30. The van der Waals surface area contributed by atoms with Gasteiger partial charge >= 0.3 is 0 Å². The highest BCUT2D eigenvalue weighted by Crippen LogP contribution is 2.02. The highest BCUT2D eigenvalue weighted by Gasteiger charge is 2.15. The molecule has 75 valence electrons. The van der Waals surface area contributed by atoms with Crippen LogP contribution in [-0.2, 0) is 9.59 Å². The number of nitrogens with one attached hydrogen (secondary N) is 1. The topological polar surface area (TPSA) is 72.2 Å². The van der Waals surface area contributed by atoms with Crippen molar-refractivity contribution in [1.82, 2.24) is 5.32 Å². The summed E-state index contributed by atoms with van der Waals surface area (Å²) in [5.41, 5.74) is 5.33. The van der Waals surface area contributed by atoms with E-state index in [9.17, 15) is 9.59 Å². The fourth-order valence-electron chi connectivity index (χ4n) is 0.911. The Morgan fingerprint density at radius 3 is 2.31 bits per heavy atom. The van der Waals surface area contributed by atoms with E-state index in [-0.39, 0.29) is 5.91 Å². The van der Waals surface area contributed by atoms with Crippen LogP contribution in [0.1, 0.15) is 27.2 Å². The van der Waals surface area contributed by atoms with Gasteiger partial charge < -0.3 is 11.1 Å². The molecular weight excluding hydrogens is 168 g/mol. The number of carbonyl (C=O) groups is 1. The second-order valence-corrected chi connectivity index (χ2v) is 3.60. The molecule has 0 aromatic heterocycles. The van der Waals surface area contributed by atoms with Crippen LogP contribution in [0.3, 0.4) is 0 Å².